The van der Waals surface area contributed by atoms with Crippen molar-refractivity contribution in [3.8, 4) is 0 Å². The van der Waals surface area contributed by atoms with Gasteiger partial charge >= 0.3 is 18.3 Å². The van der Waals surface area contributed by atoms with E-state index in [-0.39, 0.29) is 0 Å². The SMILES string of the molecule is NC(=O)c1n[nH]c(C(F)(F)C(F)(F)F)c1CC(F)(F)F. The topological polar surface area (TPSA) is 71.8 Å². The maximum Gasteiger partial charge on any atom is 0.459 e. The number of hydrogen-bond acceptors (Lipinski definition) is 2. The smallest absolute Gasteiger partial charge is 0.364 e. The van der Waals surface area contributed by atoms with Gasteiger partial charge in [-0.25, -0.2) is 0 Å². The first-order chi connectivity index (χ1) is 8.77. The number of amides is 1. The van der Waals surface area contributed by atoms with Crippen LogP contribution in [0.2, 0.25) is 0 Å². The van der Waals surface area contributed by atoms with Gasteiger partial charge in [0, 0.05) is 5.56 Å². The van der Waals surface area contributed by atoms with Crippen LogP contribution in [0.5, 0.6) is 0 Å². The van der Waals surface area contributed by atoms with Crippen molar-refractivity contribution in [3.63, 3.8) is 0 Å². The number of aromatic amines is 1. The molecule has 0 spiro atoms. The minimum atomic E-state index is -6.16. The number of hydrogen-bond donors (Lipinski definition) is 2. The highest BCUT2D eigenvalue weighted by molar-refractivity contribution is 5.92. The summed E-state index contributed by atoms with van der Waals surface area (Å²) in [4.78, 5) is 10.7. The Morgan fingerprint density at radius 3 is 1.95 bits per heavy atom. The van der Waals surface area contributed by atoms with Gasteiger partial charge in [0.15, 0.2) is 5.69 Å². The van der Waals surface area contributed by atoms with E-state index in [0.717, 1.165) is 5.10 Å². The van der Waals surface area contributed by atoms with E-state index >= 15 is 0 Å². The number of H-pyrrole nitrogens is 1. The lowest BCUT2D eigenvalue weighted by Crippen LogP contribution is -2.35. The quantitative estimate of drug-likeness (QED) is 0.841. The lowest BCUT2D eigenvalue weighted by atomic mass is 10.0. The molecule has 1 aromatic heterocycles. The van der Waals surface area contributed by atoms with E-state index in [1.807, 2.05) is 0 Å². The van der Waals surface area contributed by atoms with Crippen LogP contribution in [-0.4, -0.2) is 28.5 Å². The average Bonchev–Trinajstić information content (AvgIpc) is 2.56. The third-order valence-electron chi connectivity index (χ3n) is 2.15. The summed E-state index contributed by atoms with van der Waals surface area (Å²) in [6, 6.07) is 0. The third kappa shape index (κ3) is 2.99. The monoisotopic (exact) mass is 311 g/mol. The molecule has 12 heteroatoms. The number of carbonyl (C=O) groups is 1. The second-order valence-corrected chi connectivity index (χ2v) is 3.65. The number of alkyl halides is 8. The van der Waals surface area contributed by atoms with Crippen molar-refractivity contribution in [1.29, 1.82) is 0 Å². The number of rotatable bonds is 3. The summed E-state index contributed by atoms with van der Waals surface area (Å²) in [5.41, 5.74) is -0.523. The molecule has 0 aromatic carbocycles. The van der Waals surface area contributed by atoms with E-state index < -0.39 is 47.6 Å². The molecule has 0 unspecified atom stereocenters. The Hall–Kier alpha value is -1.88. The van der Waals surface area contributed by atoms with Crippen molar-refractivity contribution in [2.45, 2.75) is 24.7 Å². The van der Waals surface area contributed by atoms with Gasteiger partial charge in [0.2, 0.25) is 0 Å². The zero-order chi connectivity index (χ0) is 15.9. The summed E-state index contributed by atoms with van der Waals surface area (Å²) in [5.74, 6) is -7.29. The molecule has 0 aliphatic rings. The maximum absolute atomic E-state index is 13.1. The second-order valence-electron chi connectivity index (χ2n) is 3.65. The highest BCUT2D eigenvalue weighted by Gasteiger charge is 2.61. The summed E-state index contributed by atoms with van der Waals surface area (Å²) in [6.45, 7) is 0. The zero-order valence-corrected chi connectivity index (χ0v) is 9.16. The molecule has 0 saturated heterocycles. The lowest BCUT2D eigenvalue weighted by Gasteiger charge is -2.20. The fourth-order valence-electron chi connectivity index (χ4n) is 1.34. The first-order valence-electron chi connectivity index (χ1n) is 4.66. The number of nitrogens with two attached hydrogens (primary N) is 1. The van der Waals surface area contributed by atoms with Crippen LogP contribution < -0.4 is 5.73 Å². The summed E-state index contributed by atoms with van der Waals surface area (Å²) < 4.78 is 99.2. The van der Waals surface area contributed by atoms with E-state index in [0.29, 0.717) is 0 Å². The molecule has 3 N–H and O–H groups in total. The Balaban J connectivity index is 3.46. The van der Waals surface area contributed by atoms with Crippen LogP contribution in [0, 0.1) is 0 Å². The zero-order valence-electron chi connectivity index (χ0n) is 9.16. The van der Waals surface area contributed by atoms with Gasteiger partial charge < -0.3 is 5.73 Å². The van der Waals surface area contributed by atoms with Crippen LogP contribution in [0.1, 0.15) is 21.7 Å². The third-order valence-corrected chi connectivity index (χ3v) is 2.15. The molecule has 0 aliphatic heterocycles. The minimum absolute atomic E-state index is 1.10. The van der Waals surface area contributed by atoms with Gasteiger partial charge in [-0.3, -0.25) is 9.89 Å². The molecule has 1 aromatic rings. The molecular formula is C8H5F8N3O. The molecule has 20 heavy (non-hydrogen) atoms. The number of aromatic nitrogens is 2. The van der Waals surface area contributed by atoms with Gasteiger partial charge in [-0.05, 0) is 0 Å². The maximum atomic E-state index is 13.1. The normalized spacial score (nSPS) is 13.6. The van der Waals surface area contributed by atoms with E-state index in [1.54, 1.807) is 0 Å². The van der Waals surface area contributed by atoms with E-state index in [9.17, 15) is 39.9 Å². The fourth-order valence-corrected chi connectivity index (χ4v) is 1.34. The van der Waals surface area contributed by atoms with E-state index in [4.69, 9.17) is 0 Å². The van der Waals surface area contributed by atoms with Crippen molar-refractivity contribution in [3.05, 3.63) is 17.0 Å². The molecule has 0 saturated carbocycles. The Labute approximate surface area is 104 Å². The van der Waals surface area contributed by atoms with Crippen molar-refractivity contribution < 1.29 is 39.9 Å². The van der Waals surface area contributed by atoms with Gasteiger partial charge in [-0.15, -0.1) is 0 Å². The highest BCUT2D eigenvalue weighted by Crippen LogP contribution is 2.45. The summed E-state index contributed by atoms with van der Waals surface area (Å²) >= 11 is 0. The molecule has 0 bridgehead atoms. The largest absolute Gasteiger partial charge is 0.459 e. The fraction of sp³-hybridized carbons (Fsp3) is 0.500. The summed E-state index contributed by atoms with van der Waals surface area (Å²) in [7, 11) is 0. The van der Waals surface area contributed by atoms with Gasteiger partial charge in [0.25, 0.3) is 5.91 Å². The van der Waals surface area contributed by atoms with Crippen molar-refractivity contribution >= 4 is 5.91 Å². The van der Waals surface area contributed by atoms with Gasteiger partial charge in [-0.1, -0.05) is 0 Å². The molecule has 114 valence electrons. The minimum Gasteiger partial charge on any atom is -0.364 e. The predicted molar refractivity (Wildman–Crippen MR) is 46.8 cm³/mol. The van der Waals surface area contributed by atoms with Crippen molar-refractivity contribution in [2.75, 3.05) is 0 Å². The van der Waals surface area contributed by atoms with Crippen LogP contribution in [0.4, 0.5) is 35.1 Å². The molecule has 1 heterocycles. The highest BCUT2D eigenvalue weighted by atomic mass is 19.4. The Kier molecular flexibility index (Phi) is 3.72. The van der Waals surface area contributed by atoms with Crippen LogP contribution in [0.25, 0.3) is 0 Å². The van der Waals surface area contributed by atoms with Crippen LogP contribution in [-0.2, 0) is 12.3 Å². The molecule has 1 amide bonds. The molecule has 0 fully saturated rings. The number of primary amides is 1. The van der Waals surface area contributed by atoms with Gasteiger partial charge in [0.05, 0.1) is 6.42 Å². The predicted octanol–water partition coefficient (Wildman–Crippen LogP) is 2.27. The van der Waals surface area contributed by atoms with Crippen LogP contribution >= 0.6 is 0 Å². The Morgan fingerprint density at radius 2 is 1.60 bits per heavy atom. The van der Waals surface area contributed by atoms with Crippen molar-refractivity contribution in [2.24, 2.45) is 5.73 Å². The standard InChI is InChI=1S/C8H5F8N3O/c9-6(10,11)1-2-3(5(17)20)18-19-4(2)7(12,13)8(14,15)16/h1H2,(H2,17,20)(H,18,19). The van der Waals surface area contributed by atoms with Crippen molar-refractivity contribution in [1.82, 2.24) is 10.2 Å². The van der Waals surface area contributed by atoms with Gasteiger partial charge in [-0.2, -0.15) is 40.2 Å². The Morgan fingerprint density at radius 1 is 1.10 bits per heavy atom. The average molecular weight is 311 g/mol. The molecule has 0 atom stereocenters. The van der Waals surface area contributed by atoms with Crippen LogP contribution in [0.15, 0.2) is 0 Å². The molecular weight excluding hydrogens is 306 g/mol. The number of halogens is 8. The first kappa shape index (κ1) is 16.2. The van der Waals surface area contributed by atoms with E-state index in [2.05, 4.69) is 10.8 Å². The Bertz CT molecular complexity index is 515. The van der Waals surface area contributed by atoms with Gasteiger partial charge in [0.1, 0.15) is 5.69 Å². The van der Waals surface area contributed by atoms with Crippen LogP contribution in [0.3, 0.4) is 0 Å². The molecule has 0 aliphatic carbocycles. The first-order valence-corrected chi connectivity index (χ1v) is 4.66. The van der Waals surface area contributed by atoms with E-state index in [1.165, 1.54) is 0 Å². The summed E-state index contributed by atoms with van der Waals surface area (Å²) in [6.07, 6.45) is -13.5. The number of nitrogens with zero attached hydrogens (tertiary/aromatic N) is 1. The molecule has 0 radical (unpaired) electrons. The second kappa shape index (κ2) is 4.59. The molecule has 4 nitrogen and oxygen atoms in total. The number of nitrogens with one attached hydrogen (secondary N) is 1. The molecule has 1 rings (SSSR count). The summed E-state index contributed by atoms with van der Waals surface area (Å²) in [5, 5.41) is 3.80. The number of carbonyl (C=O) groups excluding carboxylic acids is 1. The lowest BCUT2D eigenvalue weighted by molar-refractivity contribution is -0.291.